The molecule has 25 heavy (non-hydrogen) atoms. The van der Waals surface area contributed by atoms with E-state index >= 15 is 0 Å². The number of nitrogens with one attached hydrogen (secondary N) is 1. The van der Waals surface area contributed by atoms with Crippen LogP contribution in [0.4, 0.5) is 5.69 Å². The maximum absolute atomic E-state index is 12.6. The first kappa shape index (κ1) is 17.0. The van der Waals surface area contributed by atoms with Gasteiger partial charge >= 0.3 is 0 Å². The normalized spacial score (nSPS) is 16.9. The van der Waals surface area contributed by atoms with Crippen molar-refractivity contribution in [2.24, 2.45) is 5.92 Å². The van der Waals surface area contributed by atoms with Crippen LogP contribution in [0, 0.1) is 12.8 Å². The fraction of sp³-hybridized carbons (Fsp3) is 0.316. The Morgan fingerprint density at radius 2 is 2.24 bits per heavy atom. The molecule has 0 saturated carbocycles. The number of carbonyl (C=O) groups excluding carboxylic acids is 2. The number of hydrogen-bond donors (Lipinski definition) is 1. The molecule has 1 aliphatic heterocycles. The van der Waals surface area contributed by atoms with Crippen molar-refractivity contribution in [1.29, 1.82) is 0 Å². The number of aromatic nitrogens is 2. The molecule has 1 fully saturated rings. The molecule has 0 aliphatic carbocycles. The van der Waals surface area contributed by atoms with Gasteiger partial charge in [-0.05, 0) is 18.6 Å². The van der Waals surface area contributed by atoms with E-state index in [0.717, 1.165) is 17.1 Å². The Kier molecular flexibility index (Phi) is 4.97. The minimum Gasteiger partial charge on any atom is -0.338 e. The molecule has 2 aromatic rings. The lowest BCUT2D eigenvalue weighted by atomic mass is 10.1. The van der Waals surface area contributed by atoms with Crippen molar-refractivity contribution in [3.05, 3.63) is 60.7 Å². The summed E-state index contributed by atoms with van der Waals surface area (Å²) in [5, 5.41) is 2.99. The largest absolute Gasteiger partial charge is 0.338 e. The molecule has 1 aromatic heterocycles. The molecule has 1 saturated heterocycles. The molecule has 2 heterocycles. The number of para-hydroxylation sites is 1. The molecular formula is C19H22N4O2. The zero-order chi connectivity index (χ0) is 17.8. The van der Waals surface area contributed by atoms with Gasteiger partial charge in [0.05, 0.1) is 12.5 Å². The van der Waals surface area contributed by atoms with E-state index in [2.05, 4.69) is 16.9 Å². The zero-order valence-corrected chi connectivity index (χ0v) is 14.3. The van der Waals surface area contributed by atoms with Gasteiger partial charge in [-0.1, -0.05) is 24.3 Å². The second-order valence-electron chi connectivity index (χ2n) is 6.24. The molecule has 1 atom stereocenters. The summed E-state index contributed by atoms with van der Waals surface area (Å²) in [5.41, 5.74) is 1.78. The van der Waals surface area contributed by atoms with Crippen molar-refractivity contribution < 1.29 is 9.59 Å². The monoisotopic (exact) mass is 338 g/mol. The van der Waals surface area contributed by atoms with Crippen LogP contribution < -0.4 is 5.32 Å². The van der Waals surface area contributed by atoms with E-state index < -0.39 is 0 Å². The summed E-state index contributed by atoms with van der Waals surface area (Å²) in [6.45, 7) is 7.16. The molecule has 1 aliphatic rings. The van der Waals surface area contributed by atoms with Gasteiger partial charge in [0.15, 0.2) is 0 Å². The first-order chi connectivity index (χ1) is 12.1. The van der Waals surface area contributed by atoms with Gasteiger partial charge in [0.1, 0.15) is 5.82 Å². The van der Waals surface area contributed by atoms with E-state index in [-0.39, 0.29) is 24.2 Å². The van der Waals surface area contributed by atoms with Gasteiger partial charge < -0.3 is 14.8 Å². The summed E-state index contributed by atoms with van der Waals surface area (Å²) in [6.07, 6.45) is 5.61. The Labute approximate surface area is 147 Å². The van der Waals surface area contributed by atoms with Crippen molar-refractivity contribution in [1.82, 2.24) is 14.5 Å². The van der Waals surface area contributed by atoms with Crippen LogP contribution in [-0.2, 0) is 16.1 Å². The number of carbonyl (C=O) groups is 2. The fourth-order valence-corrected chi connectivity index (χ4v) is 3.05. The predicted molar refractivity (Wildman–Crippen MR) is 96.0 cm³/mol. The highest BCUT2D eigenvalue weighted by Gasteiger charge is 2.33. The van der Waals surface area contributed by atoms with Crippen LogP contribution in [0.15, 0.2) is 49.3 Å². The number of likely N-dealkylation sites (tertiary alicyclic amines) is 1. The summed E-state index contributed by atoms with van der Waals surface area (Å²) in [6, 6.07) is 7.71. The van der Waals surface area contributed by atoms with Crippen molar-refractivity contribution >= 4 is 17.5 Å². The quantitative estimate of drug-likeness (QED) is 0.821. The molecule has 6 heteroatoms. The van der Waals surface area contributed by atoms with Gasteiger partial charge in [-0.25, -0.2) is 4.98 Å². The number of aryl methyl sites for hydroxylation is 1. The lowest BCUT2D eigenvalue weighted by molar-refractivity contribution is -0.127. The summed E-state index contributed by atoms with van der Waals surface area (Å²) in [5.74, 6) is 0.482. The summed E-state index contributed by atoms with van der Waals surface area (Å²) in [4.78, 5) is 30.4. The van der Waals surface area contributed by atoms with Crippen molar-refractivity contribution in [2.45, 2.75) is 19.9 Å². The van der Waals surface area contributed by atoms with E-state index in [1.165, 1.54) is 0 Å². The van der Waals surface area contributed by atoms with Gasteiger partial charge in [-0.15, -0.1) is 6.58 Å². The van der Waals surface area contributed by atoms with Crippen LogP contribution >= 0.6 is 0 Å². The molecule has 130 valence electrons. The third-order valence-corrected chi connectivity index (χ3v) is 4.47. The topological polar surface area (TPSA) is 67.2 Å². The van der Waals surface area contributed by atoms with E-state index in [1.807, 2.05) is 42.0 Å². The first-order valence-corrected chi connectivity index (χ1v) is 8.33. The lowest BCUT2D eigenvalue weighted by Gasteiger charge is -2.16. The molecule has 0 radical (unpaired) electrons. The van der Waals surface area contributed by atoms with Crippen LogP contribution in [0.25, 0.3) is 0 Å². The van der Waals surface area contributed by atoms with E-state index in [1.54, 1.807) is 17.2 Å². The van der Waals surface area contributed by atoms with Gasteiger partial charge in [0.2, 0.25) is 11.8 Å². The average molecular weight is 338 g/mol. The Morgan fingerprint density at radius 3 is 2.96 bits per heavy atom. The Hall–Kier alpha value is -2.89. The number of hydrogen-bond acceptors (Lipinski definition) is 3. The summed E-state index contributed by atoms with van der Waals surface area (Å²) in [7, 11) is 0. The summed E-state index contributed by atoms with van der Waals surface area (Å²) >= 11 is 0. The molecular weight excluding hydrogens is 316 g/mol. The highest BCUT2D eigenvalue weighted by Crippen LogP contribution is 2.22. The van der Waals surface area contributed by atoms with Crippen LogP contribution in [0.2, 0.25) is 0 Å². The standard InChI is InChI=1S/C19H22N4O2/c1-3-9-23-13-16(11-18(23)24)19(25)21-17-7-5-4-6-15(17)12-22-10-8-20-14(22)2/h3-8,10,16H,1,9,11-13H2,2H3,(H,21,25). The van der Waals surface area contributed by atoms with E-state index in [0.29, 0.717) is 19.6 Å². The zero-order valence-electron chi connectivity index (χ0n) is 14.3. The minimum absolute atomic E-state index is 0.00220. The second kappa shape index (κ2) is 7.34. The van der Waals surface area contributed by atoms with Gasteiger partial charge in [-0.3, -0.25) is 9.59 Å². The number of imidazole rings is 1. The molecule has 0 bridgehead atoms. The van der Waals surface area contributed by atoms with Crippen LogP contribution in [0.3, 0.4) is 0 Å². The SMILES string of the molecule is C=CCN1CC(C(=O)Nc2ccccc2Cn2ccnc2C)CC1=O. The fourth-order valence-electron chi connectivity index (χ4n) is 3.05. The van der Waals surface area contributed by atoms with Crippen molar-refractivity contribution in [3.8, 4) is 0 Å². The molecule has 1 unspecified atom stereocenters. The smallest absolute Gasteiger partial charge is 0.229 e. The molecule has 1 N–H and O–H groups in total. The molecule has 6 nitrogen and oxygen atoms in total. The number of nitrogens with zero attached hydrogens (tertiary/aromatic N) is 3. The highest BCUT2D eigenvalue weighted by molar-refractivity contribution is 5.97. The van der Waals surface area contributed by atoms with Crippen LogP contribution in [-0.4, -0.2) is 39.4 Å². The number of benzene rings is 1. The van der Waals surface area contributed by atoms with Gasteiger partial charge in [0, 0.05) is 37.6 Å². The molecule has 1 aromatic carbocycles. The van der Waals surface area contributed by atoms with Crippen molar-refractivity contribution in [2.75, 3.05) is 18.4 Å². The first-order valence-electron chi connectivity index (χ1n) is 8.33. The molecule has 2 amide bonds. The summed E-state index contributed by atoms with van der Waals surface area (Å²) < 4.78 is 2.02. The van der Waals surface area contributed by atoms with Gasteiger partial charge in [-0.2, -0.15) is 0 Å². The van der Waals surface area contributed by atoms with Gasteiger partial charge in [0.25, 0.3) is 0 Å². The molecule has 3 rings (SSSR count). The Balaban J connectivity index is 1.71. The third kappa shape index (κ3) is 3.79. The van der Waals surface area contributed by atoms with E-state index in [9.17, 15) is 9.59 Å². The highest BCUT2D eigenvalue weighted by atomic mass is 16.2. The Morgan fingerprint density at radius 1 is 1.44 bits per heavy atom. The number of rotatable bonds is 6. The average Bonchev–Trinajstić information content (AvgIpc) is 3.16. The van der Waals surface area contributed by atoms with Crippen LogP contribution in [0.1, 0.15) is 17.8 Å². The van der Waals surface area contributed by atoms with Crippen molar-refractivity contribution in [3.63, 3.8) is 0 Å². The third-order valence-electron chi connectivity index (χ3n) is 4.47. The molecule has 0 spiro atoms. The van der Waals surface area contributed by atoms with E-state index in [4.69, 9.17) is 0 Å². The maximum Gasteiger partial charge on any atom is 0.229 e. The maximum atomic E-state index is 12.6. The predicted octanol–water partition coefficient (Wildman–Crippen LogP) is 2.21. The number of anilines is 1. The lowest BCUT2D eigenvalue weighted by Crippen LogP contribution is -2.28. The number of amides is 2. The Bertz CT molecular complexity index is 796. The van der Waals surface area contributed by atoms with Crippen LogP contribution in [0.5, 0.6) is 0 Å². The minimum atomic E-state index is -0.324. The second-order valence-corrected chi connectivity index (χ2v) is 6.24.